The van der Waals surface area contributed by atoms with Crippen molar-refractivity contribution in [2.75, 3.05) is 19.8 Å². The van der Waals surface area contributed by atoms with Gasteiger partial charge in [0.25, 0.3) is 0 Å². The van der Waals surface area contributed by atoms with Crippen LogP contribution < -0.4 is 14.2 Å². The van der Waals surface area contributed by atoms with Crippen LogP contribution in [0.3, 0.4) is 0 Å². The summed E-state index contributed by atoms with van der Waals surface area (Å²) >= 11 is 0. The highest BCUT2D eigenvalue weighted by Crippen LogP contribution is 2.46. The molecule has 1 rings (SSSR count). The molecule has 4 nitrogen and oxygen atoms in total. The van der Waals surface area contributed by atoms with Crippen LogP contribution in [0.2, 0.25) is 0 Å². The Hall–Kier alpha value is -1.63. The maximum Gasteiger partial charge on any atom is 0.418 e. The fraction of sp³-hybridized carbons (Fsp3) is 0.571. The summed E-state index contributed by atoms with van der Waals surface area (Å²) in [7, 11) is 0. The van der Waals surface area contributed by atoms with Crippen LogP contribution in [0.4, 0.5) is 13.2 Å². The number of aliphatic hydroxyl groups excluding tert-OH is 1. The van der Waals surface area contributed by atoms with Crippen LogP contribution in [0, 0.1) is 0 Å². The number of halogens is 3. The number of hydrogen-bond donors (Lipinski definition) is 1. The Bertz CT molecular complexity index is 460. The van der Waals surface area contributed by atoms with E-state index in [2.05, 4.69) is 0 Å². The van der Waals surface area contributed by atoms with Crippen LogP contribution >= 0.6 is 0 Å². The second-order valence-corrected chi connectivity index (χ2v) is 4.05. The third kappa shape index (κ3) is 4.17. The van der Waals surface area contributed by atoms with Crippen LogP contribution in [-0.4, -0.2) is 31.1 Å². The van der Waals surface area contributed by atoms with E-state index >= 15 is 0 Å². The second kappa shape index (κ2) is 7.40. The molecule has 0 spiro atoms. The van der Waals surface area contributed by atoms with Gasteiger partial charge in [-0.05, 0) is 32.9 Å². The van der Waals surface area contributed by atoms with Gasteiger partial charge >= 0.3 is 6.18 Å². The Labute approximate surface area is 121 Å². The Morgan fingerprint density at radius 1 is 0.952 bits per heavy atom. The van der Waals surface area contributed by atoms with Gasteiger partial charge in [-0.1, -0.05) is 0 Å². The first-order chi connectivity index (χ1) is 9.86. The molecule has 1 aromatic rings. The van der Waals surface area contributed by atoms with Crippen LogP contribution in [0.5, 0.6) is 17.2 Å². The average Bonchev–Trinajstić information content (AvgIpc) is 2.41. The Morgan fingerprint density at radius 3 is 1.95 bits per heavy atom. The molecular weight excluding hydrogens is 289 g/mol. The summed E-state index contributed by atoms with van der Waals surface area (Å²) in [6.45, 7) is 5.76. The van der Waals surface area contributed by atoms with E-state index in [1.807, 2.05) is 0 Å². The van der Waals surface area contributed by atoms with Gasteiger partial charge in [-0.3, -0.25) is 0 Å². The molecular formula is C14H19F3O4. The number of alkyl halides is 3. The number of benzene rings is 1. The summed E-state index contributed by atoms with van der Waals surface area (Å²) in [5.74, 6) is 0.207. The zero-order valence-electron chi connectivity index (χ0n) is 12.2. The highest BCUT2D eigenvalue weighted by molar-refractivity contribution is 5.56. The molecule has 0 bridgehead atoms. The lowest BCUT2D eigenvalue weighted by molar-refractivity contribution is -0.207. The zero-order chi connectivity index (χ0) is 16.0. The van der Waals surface area contributed by atoms with Crippen molar-refractivity contribution in [2.45, 2.75) is 33.1 Å². The van der Waals surface area contributed by atoms with E-state index in [9.17, 15) is 18.3 Å². The summed E-state index contributed by atoms with van der Waals surface area (Å²) in [6.07, 6.45) is -7.43. The summed E-state index contributed by atoms with van der Waals surface area (Å²) < 4.78 is 54.2. The lowest BCUT2D eigenvalue weighted by Gasteiger charge is -2.22. The molecule has 7 heteroatoms. The minimum atomic E-state index is -4.79. The molecule has 0 saturated carbocycles. The summed E-state index contributed by atoms with van der Waals surface area (Å²) in [5, 5.41) is 9.48. The molecule has 1 atom stereocenters. The first kappa shape index (κ1) is 17.4. The van der Waals surface area contributed by atoms with Crippen molar-refractivity contribution in [3.8, 4) is 17.2 Å². The molecule has 1 unspecified atom stereocenters. The van der Waals surface area contributed by atoms with Gasteiger partial charge in [0, 0.05) is 5.56 Å². The largest absolute Gasteiger partial charge is 0.490 e. The van der Waals surface area contributed by atoms with E-state index < -0.39 is 17.8 Å². The van der Waals surface area contributed by atoms with Gasteiger partial charge in [0.1, 0.15) is 0 Å². The first-order valence-electron chi connectivity index (χ1n) is 6.66. The van der Waals surface area contributed by atoms with E-state index in [-0.39, 0.29) is 30.5 Å². The smallest absolute Gasteiger partial charge is 0.418 e. The standard InChI is InChI=1S/C14H19F3O4/c1-4-19-10-8-7-9(13(18)14(15,16)17)11(20-5-2)12(10)21-6-3/h7-8,13,18H,4-6H2,1-3H3. The van der Waals surface area contributed by atoms with Gasteiger partial charge in [0.2, 0.25) is 5.75 Å². The van der Waals surface area contributed by atoms with Gasteiger partial charge in [-0.25, -0.2) is 0 Å². The van der Waals surface area contributed by atoms with Crippen LogP contribution in [0.15, 0.2) is 12.1 Å². The predicted octanol–water partition coefficient (Wildman–Crippen LogP) is 3.48. The number of hydrogen-bond acceptors (Lipinski definition) is 4. The van der Waals surface area contributed by atoms with E-state index in [0.29, 0.717) is 6.61 Å². The lowest BCUT2D eigenvalue weighted by Crippen LogP contribution is -2.21. The Morgan fingerprint density at radius 2 is 1.48 bits per heavy atom. The minimum Gasteiger partial charge on any atom is -0.490 e. The van der Waals surface area contributed by atoms with Crippen LogP contribution in [0.1, 0.15) is 32.4 Å². The Kier molecular flexibility index (Phi) is 6.14. The van der Waals surface area contributed by atoms with Crippen molar-refractivity contribution in [1.82, 2.24) is 0 Å². The van der Waals surface area contributed by atoms with E-state index in [1.165, 1.54) is 6.07 Å². The van der Waals surface area contributed by atoms with Gasteiger partial charge < -0.3 is 19.3 Å². The molecule has 0 heterocycles. The molecule has 0 aliphatic rings. The molecule has 120 valence electrons. The molecule has 0 aromatic heterocycles. The van der Waals surface area contributed by atoms with Crippen LogP contribution in [0.25, 0.3) is 0 Å². The number of rotatable bonds is 7. The monoisotopic (exact) mass is 308 g/mol. The SMILES string of the molecule is CCOc1ccc(C(O)C(F)(F)F)c(OCC)c1OCC. The van der Waals surface area contributed by atoms with Crippen molar-refractivity contribution < 1.29 is 32.5 Å². The minimum absolute atomic E-state index is 0.0713. The van der Waals surface area contributed by atoms with Gasteiger partial charge in [-0.15, -0.1) is 0 Å². The predicted molar refractivity (Wildman–Crippen MR) is 71.0 cm³/mol. The van der Waals surface area contributed by atoms with Crippen molar-refractivity contribution in [3.63, 3.8) is 0 Å². The molecule has 0 saturated heterocycles. The summed E-state index contributed by atoms with van der Waals surface area (Å²) in [5.41, 5.74) is -0.392. The topological polar surface area (TPSA) is 47.9 Å². The molecule has 1 aromatic carbocycles. The molecule has 0 fully saturated rings. The second-order valence-electron chi connectivity index (χ2n) is 4.05. The third-order valence-electron chi connectivity index (χ3n) is 2.59. The summed E-state index contributed by atoms with van der Waals surface area (Å²) in [4.78, 5) is 0. The summed E-state index contributed by atoms with van der Waals surface area (Å²) in [6, 6.07) is 2.47. The maximum absolute atomic E-state index is 12.7. The van der Waals surface area contributed by atoms with E-state index in [4.69, 9.17) is 14.2 Å². The Balaban J connectivity index is 3.40. The van der Waals surface area contributed by atoms with Crippen molar-refractivity contribution in [3.05, 3.63) is 17.7 Å². The van der Waals surface area contributed by atoms with Crippen molar-refractivity contribution >= 4 is 0 Å². The lowest BCUT2D eigenvalue weighted by atomic mass is 10.1. The molecule has 1 N–H and O–H groups in total. The number of aliphatic hydroxyl groups is 1. The normalized spacial score (nSPS) is 12.9. The van der Waals surface area contributed by atoms with Crippen molar-refractivity contribution in [2.24, 2.45) is 0 Å². The molecule has 0 aliphatic carbocycles. The van der Waals surface area contributed by atoms with E-state index in [0.717, 1.165) is 6.07 Å². The molecule has 0 amide bonds. The molecule has 0 radical (unpaired) electrons. The fourth-order valence-corrected chi connectivity index (χ4v) is 1.79. The van der Waals surface area contributed by atoms with Gasteiger partial charge in [-0.2, -0.15) is 13.2 Å². The highest BCUT2D eigenvalue weighted by atomic mass is 19.4. The van der Waals surface area contributed by atoms with Crippen molar-refractivity contribution in [1.29, 1.82) is 0 Å². The highest BCUT2D eigenvalue weighted by Gasteiger charge is 2.42. The third-order valence-corrected chi connectivity index (χ3v) is 2.59. The van der Waals surface area contributed by atoms with Gasteiger partial charge in [0.15, 0.2) is 17.6 Å². The molecule has 0 aliphatic heterocycles. The van der Waals surface area contributed by atoms with Gasteiger partial charge in [0.05, 0.1) is 19.8 Å². The maximum atomic E-state index is 12.7. The quantitative estimate of drug-likeness (QED) is 0.838. The van der Waals surface area contributed by atoms with E-state index in [1.54, 1.807) is 20.8 Å². The number of ether oxygens (including phenoxy) is 3. The van der Waals surface area contributed by atoms with Crippen LogP contribution in [-0.2, 0) is 0 Å². The zero-order valence-corrected chi connectivity index (χ0v) is 12.2. The first-order valence-corrected chi connectivity index (χ1v) is 6.66. The average molecular weight is 308 g/mol. The molecule has 21 heavy (non-hydrogen) atoms. The fourth-order valence-electron chi connectivity index (χ4n) is 1.79.